The average Bonchev–Trinajstić information content (AvgIpc) is 2.96. The maximum absolute atomic E-state index is 12.2. The van der Waals surface area contributed by atoms with Gasteiger partial charge in [0, 0.05) is 16.6 Å². The minimum atomic E-state index is 0.112. The third kappa shape index (κ3) is 2.09. The monoisotopic (exact) mass is 306 g/mol. The summed E-state index contributed by atoms with van der Waals surface area (Å²) < 4.78 is 0.961. The summed E-state index contributed by atoms with van der Waals surface area (Å²) in [6.07, 6.45) is 8.30. The summed E-state index contributed by atoms with van der Waals surface area (Å²) in [6, 6.07) is 1.89. The molecule has 0 aliphatic heterocycles. The highest BCUT2D eigenvalue weighted by atomic mass is 79.9. The predicted molar refractivity (Wildman–Crippen MR) is 74.1 cm³/mol. The van der Waals surface area contributed by atoms with Gasteiger partial charge in [-0.3, -0.25) is 4.79 Å². The van der Waals surface area contributed by atoms with Crippen molar-refractivity contribution in [2.75, 3.05) is 5.32 Å². The van der Waals surface area contributed by atoms with E-state index in [0.29, 0.717) is 17.7 Å². The first-order chi connectivity index (χ1) is 8.63. The summed E-state index contributed by atoms with van der Waals surface area (Å²) in [5.41, 5.74) is 1.08. The number of hydrogen-bond acceptors (Lipinski definition) is 2. The Bertz CT molecular complexity index is 527. The Morgan fingerprint density at radius 2 is 2.28 bits per heavy atom. The lowest BCUT2D eigenvalue weighted by Crippen LogP contribution is -2.26. The number of rotatable bonds is 2. The van der Waals surface area contributed by atoms with Gasteiger partial charge in [0.05, 0.1) is 0 Å². The van der Waals surface area contributed by atoms with Crippen LogP contribution in [0.2, 0.25) is 0 Å². The minimum absolute atomic E-state index is 0.112. The van der Waals surface area contributed by atoms with E-state index in [0.717, 1.165) is 22.9 Å². The molecular formula is C14H15BrN2O. The highest BCUT2D eigenvalue weighted by molar-refractivity contribution is 9.10. The van der Waals surface area contributed by atoms with Crippen LogP contribution in [-0.4, -0.2) is 10.9 Å². The van der Waals surface area contributed by atoms with Crippen LogP contribution in [0.1, 0.15) is 18.4 Å². The van der Waals surface area contributed by atoms with Crippen molar-refractivity contribution in [2.45, 2.75) is 19.8 Å². The number of carbonyl (C=O) groups excluding carboxylic acids is 1. The number of aromatic nitrogens is 1. The molecule has 1 N–H and O–H groups in total. The van der Waals surface area contributed by atoms with Crippen LogP contribution in [0.3, 0.4) is 0 Å². The molecule has 1 amide bonds. The van der Waals surface area contributed by atoms with Gasteiger partial charge in [0.1, 0.15) is 5.82 Å². The fourth-order valence-corrected chi connectivity index (χ4v) is 3.13. The van der Waals surface area contributed by atoms with Crippen molar-refractivity contribution in [1.82, 2.24) is 4.98 Å². The van der Waals surface area contributed by atoms with Crippen LogP contribution in [0.25, 0.3) is 0 Å². The van der Waals surface area contributed by atoms with Gasteiger partial charge in [-0.05, 0) is 59.2 Å². The summed E-state index contributed by atoms with van der Waals surface area (Å²) in [5.74, 6) is 1.94. The van der Waals surface area contributed by atoms with E-state index >= 15 is 0 Å². The maximum Gasteiger partial charge on any atom is 0.229 e. The molecule has 3 rings (SSSR count). The molecule has 3 nitrogen and oxygen atoms in total. The number of amides is 1. The van der Waals surface area contributed by atoms with Gasteiger partial charge in [-0.15, -0.1) is 0 Å². The van der Waals surface area contributed by atoms with E-state index in [1.54, 1.807) is 6.20 Å². The zero-order chi connectivity index (χ0) is 12.7. The molecule has 1 aromatic rings. The van der Waals surface area contributed by atoms with Crippen molar-refractivity contribution in [1.29, 1.82) is 0 Å². The van der Waals surface area contributed by atoms with Crippen LogP contribution in [0.4, 0.5) is 5.82 Å². The highest BCUT2D eigenvalue weighted by Crippen LogP contribution is 2.43. The number of aryl methyl sites for hydroxylation is 1. The van der Waals surface area contributed by atoms with Gasteiger partial charge in [-0.1, -0.05) is 12.2 Å². The van der Waals surface area contributed by atoms with Crippen LogP contribution in [0.5, 0.6) is 0 Å². The van der Waals surface area contributed by atoms with E-state index in [1.165, 1.54) is 0 Å². The Morgan fingerprint density at radius 1 is 1.44 bits per heavy atom. The molecule has 94 valence electrons. The highest BCUT2D eigenvalue weighted by Gasteiger charge is 2.39. The van der Waals surface area contributed by atoms with Crippen LogP contribution in [0, 0.1) is 24.7 Å². The smallest absolute Gasteiger partial charge is 0.229 e. The molecule has 2 bridgehead atoms. The molecular weight excluding hydrogens is 292 g/mol. The fraction of sp³-hybridized carbons (Fsp3) is 0.429. The third-order valence-corrected chi connectivity index (χ3v) is 4.74. The first kappa shape index (κ1) is 11.9. The summed E-state index contributed by atoms with van der Waals surface area (Å²) in [4.78, 5) is 16.4. The Labute approximate surface area is 115 Å². The van der Waals surface area contributed by atoms with Crippen molar-refractivity contribution < 1.29 is 4.79 Å². The Morgan fingerprint density at radius 3 is 2.89 bits per heavy atom. The topological polar surface area (TPSA) is 42.0 Å². The van der Waals surface area contributed by atoms with Crippen molar-refractivity contribution in [3.63, 3.8) is 0 Å². The zero-order valence-corrected chi connectivity index (χ0v) is 11.8. The summed E-state index contributed by atoms with van der Waals surface area (Å²) in [7, 11) is 0. The van der Waals surface area contributed by atoms with E-state index in [-0.39, 0.29) is 11.8 Å². The molecule has 0 radical (unpaired) electrons. The zero-order valence-electron chi connectivity index (χ0n) is 10.2. The molecule has 1 fully saturated rings. The van der Waals surface area contributed by atoms with Crippen molar-refractivity contribution >= 4 is 27.7 Å². The van der Waals surface area contributed by atoms with Gasteiger partial charge in [0.25, 0.3) is 0 Å². The van der Waals surface area contributed by atoms with Crippen LogP contribution >= 0.6 is 15.9 Å². The standard InChI is InChI=1S/C14H15BrN2O/c1-8-4-13(16-7-12(8)15)17-14(18)11-6-9-2-3-10(11)5-9/h2-4,7,9-11H,5-6H2,1H3,(H,16,17,18). The number of nitrogens with zero attached hydrogens (tertiary/aromatic N) is 1. The molecule has 1 aromatic heterocycles. The molecule has 0 aromatic carbocycles. The number of halogens is 1. The summed E-state index contributed by atoms with van der Waals surface area (Å²) in [5, 5.41) is 2.93. The van der Waals surface area contributed by atoms with Crippen molar-refractivity contribution in [3.8, 4) is 0 Å². The number of nitrogens with one attached hydrogen (secondary N) is 1. The number of anilines is 1. The van der Waals surface area contributed by atoms with Gasteiger partial charge < -0.3 is 5.32 Å². The van der Waals surface area contributed by atoms with Gasteiger partial charge >= 0.3 is 0 Å². The number of carbonyl (C=O) groups is 1. The van der Waals surface area contributed by atoms with Crippen molar-refractivity contribution in [2.24, 2.45) is 17.8 Å². The molecule has 0 spiro atoms. The molecule has 3 atom stereocenters. The van der Waals surface area contributed by atoms with E-state index < -0.39 is 0 Å². The maximum atomic E-state index is 12.2. The summed E-state index contributed by atoms with van der Waals surface area (Å²) in [6.45, 7) is 1.99. The van der Waals surface area contributed by atoms with Gasteiger partial charge in [0.2, 0.25) is 5.91 Å². The van der Waals surface area contributed by atoms with Crippen LogP contribution in [-0.2, 0) is 4.79 Å². The summed E-state index contributed by atoms with van der Waals surface area (Å²) >= 11 is 3.40. The first-order valence-electron chi connectivity index (χ1n) is 6.25. The van der Waals surface area contributed by atoms with E-state index in [1.807, 2.05) is 13.0 Å². The van der Waals surface area contributed by atoms with Crippen LogP contribution in [0.15, 0.2) is 28.9 Å². The van der Waals surface area contributed by atoms with E-state index in [2.05, 4.69) is 38.4 Å². The largest absolute Gasteiger partial charge is 0.310 e. The van der Waals surface area contributed by atoms with Crippen molar-refractivity contribution in [3.05, 3.63) is 34.5 Å². The van der Waals surface area contributed by atoms with E-state index in [9.17, 15) is 4.79 Å². The average molecular weight is 307 g/mol. The Kier molecular flexibility index (Phi) is 2.98. The molecule has 2 aliphatic carbocycles. The first-order valence-corrected chi connectivity index (χ1v) is 7.04. The normalized spacial score (nSPS) is 28.7. The van der Waals surface area contributed by atoms with E-state index in [4.69, 9.17) is 0 Å². The lowest BCUT2D eigenvalue weighted by molar-refractivity contribution is -0.120. The third-order valence-electron chi connectivity index (χ3n) is 3.91. The predicted octanol–water partition coefficient (Wildman–Crippen LogP) is 3.30. The molecule has 2 aliphatic rings. The number of fused-ring (bicyclic) bond motifs is 2. The second-order valence-corrected chi connectivity index (χ2v) is 6.05. The molecule has 3 unspecified atom stereocenters. The molecule has 1 saturated carbocycles. The van der Waals surface area contributed by atoms with Gasteiger partial charge in [-0.2, -0.15) is 0 Å². The molecule has 0 saturated heterocycles. The fourth-order valence-electron chi connectivity index (χ4n) is 2.91. The SMILES string of the molecule is Cc1cc(NC(=O)C2CC3C=CC2C3)ncc1Br. The molecule has 18 heavy (non-hydrogen) atoms. The second-order valence-electron chi connectivity index (χ2n) is 5.19. The lowest BCUT2D eigenvalue weighted by atomic mass is 9.93. The molecule has 1 heterocycles. The number of allylic oxidation sites excluding steroid dienone is 2. The quantitative estimate of drug-likeness (QED) is 0.852. The minimum Gasteiger partial charge on any atom is -0.310 e. The Balaban J connectivity index is 1.71. The number of pyridine rings is 1. The molecule has 4 heteroatoms. The van der Waals surface area contributed by atoms with Gasteiger partial charge in [0.15, 0.2) is 0 Å². The number of hydrogen-bond donors (Lipinski definition) is 1. The lowest BCUT2D eigenvalue weighted by Gasteiger charge is -2.17. The van der Waals surface area contributed by atoms with Crippen LogP contribution < -0.4 is 5.32 Å². The Hall–Kier alpha value is -1.16. The second kappa shape index (κ2) is 4.50. The van der Waals surface area contributed by atoms with Gasteiger partial charge in [-0.25, -0.2) is 4.98 Å².